The zero-order valence-electron chi connectivity index (χ0n) is 15.2. The lowest BCUT2D eigenvalue weighted by Crippen LogP contribution is -2.28. The largest absolute Gasteiger partial charge is 0.457 e. The van der Waals surface area contributed by atoms with Crippen molar-refractivity contribution in [2.75, 3.05) is 26.0 Å². The van der Waals surface area contributed by atoms with Gasteiger partial charge in [-0.15, -0.1) is 11.8 Å². The molecule has 2 rings (SSSR count). The van der Waals surface area contributed by atoms with Crippen LogP contribution in [0.2, 0.25) is 0 Å². The van der Waals surface area contributed by atoms with Crippen molar-refractivity contribution in [2.24, 2.45) is 0 Å². The Hall–Kier alpha value is -2.89. The quantitative estimate of drug-likeness (QED) is 0.394. The molecule has 2 aromatic rings. The third-order valence-corrected chi connectivity index (χ3v) is 4.70. The number of nitrogens with zero attached hydrogens (tertiary/aromatic N) is 1. The number of carbonyl (C=O) groups is 2. The highest BCUT2D eigenvalue weighted by atomic mass is 32.2. The van der Waals surface area contributed by atoms with Gasteiger partial charge in [-0.1, -0.05) is 12.1 Å². The first-order valence-corrected chi connectivity index (χ1v) is 9.37. The molecular weight excluding hydrogens is 383 g/mol. The van der Waals surface area contributed by atoms with Gasteiger partial charge in [0.05, 0.1) is 29.6 Å². The van der Waals surface area contributed by atoms with Gasteiger partial charge in [0, 0.05) is 24.1 Å². The second-order valence-electron chi connectivity index (χ2n) is 5.62. The molecule has 0 aliphatic heterocycles. The van der Waals surface area contributed by atoms with Crippen LogP contribution in [-0.4, -0.2) is 37.9 Å². The van der Waals surface area contributed by atoms with Crippen LogP contribution in [0.25, 0.3) is 0 Å². The van der Waals surface area contributed by atoms with E-state index < -0.39 is 11.8 Å². The predicted octanol–water partition coefficient (Wildman–Crippen LogP) is 2.91. The molecule has 0 atom stereocenters. The van der Waals surface area contributed by atoms with Gasteiger partial charge in [0.2, 0.25) is 5.91 Å². The Bertz CT molecular complexity index is 883. The fourth-order valence-corrected chi connectivity index (χ4v) is 3.09. The number of hydrogen-bond donors (Lipinski definition) is 1. The van der Waals surface area contributed by atoms with E-state index in [1.807, 2.05) is 6.07 Å². The van der Waals surface area contributed by atoms with E-state index >= 15 is 0 Å². The van der Waals surface area contributed by atoms with Crippen molar-refractivity contribution in [2.45, 2.75) is 11.5 Å². The first kappa shape index (κ1) is 21.4. The van der Waals surface area contributed by atoms with Crippen molar-refractivity contribution >= 4 is 23.6 Å². The highest BCUT2D eigenvalue weighted by Crippen LogP contribution is 2.24. The number of esters is 1. The molecule has 8 heteroatoms. The highest BCUT2D eigenvalue weighted by Gasteiger charge is 2.15. The van der Waals surface area contributed by atoms with E-state index in [0.717, 1.165) is 6.07 Å². The van der Waals surface area contributed by atoms with Crippen LogP contribution in [0.5, 0.6) is 0 Å². The molecule has 0 saturated heterocycles. The second-order valence-corrected chi connectivity index (χ2v) is 6.64. The zero-order valence-corrected chi connectivity index (χ0v) is 16.1. The first-order chi connectivity index (χ1) is 13.5. The van der Waals surface area contributed by atoms with Crippen LogP contribution in [0, 0.1) is 17.1 Å². The molecule has 0 fully saturated rings. The van der Waals surface area contributed by atoms with Crippen LogP contribution in [0.1, 0.15) is 21.5 Å². The summed E-state index contributed by atoms with van der Waals surface area (Å²) in [7, 11) is 1.55. The summed E-state index contributed by atoms with van der Waals surface area (Å²) in [6.45, 7) is 0.534. The van der Waals surface area contributed by atoms with E-state index in [1.54, 1.807) is 31.4 Å². The van der Waals surface area contributed by atoms with Gasteiger partial charge in [-0.3, -0.25) is 4.79 Å². The van der Waals surface area contributed by atoms with E-state index in [1.165, 1.54) is 23.9 Å². The molecule has 0 aromatic heterocycles. The number of carbonyl (C=O) groups excluding carboxylic acids is 2. The van der Waals surface area contributed by atoms with Gasteiger partial charge < -0.3 is 14.8 Å². The number of halogens is 1. The number of nitriles is 1. The minimum Gasteiger partial charge on any atom is -0.457 e. The molecule has 0 aliphatic rings. The summed E-state index contributed by atoms with van der Waals surface area (Å²) in [4.78, 5) is 24.8. The molecule has 146 valence electrons. The Labute approximate surface area is 166 Å². The Balaban J connectivity index is 1.98. The van der Waals surface area contributed by atoms with Crippen molar-refractivity contribution in [3.63, 3.8) is 0 Å². The number of thioether (sulfide) groups is 1. The average molecular weight is 402 g/mol. The average Bonchev–Trinajstić information content (AvgIpc) is 2.72. The van der Waals surface area contributed by atoms with Crippen LogP contribution in [-0.2, 0) is 20.9 Å². The summed E-state index contributed by atoms with van der Waals surface area (Å²) in [6.07, 6.45) is 0. The number of methoxy groups -OCH3 is 1. The lowest BCUT2D eigenvalue weighted by Gasteiger charge is -2.10. The molecule has 0 heterocycles. The summed E-state index contributed by atoms with van der Waals surface area (Å²) in [5.41, 5.74) is 0.687. The number of rotatable bonds is 9. The standard InChI is InChI=1S/C20H19FN2O4S/c1-26-9-8-23-19(24)13-28-18-5-3-2-4-16(18)20(25)27-12-15-10-14(11-22)6-7-17(15)21/h2-7,10H,8-9,12-13H2,1H3,(H,23,24). The van der Waals surface area contributed by atoms with Crippen LogP contribution in [0.15, 0.2) is 47.4 Å². The topological polar surface area (TPSA) is 88.4 Å². The summed E-state index contributed by atoms with van der Waals surface area (Å²) >= 11 is 1.20. The predicted molar refractivity (Wildman–Crippen MR) is 102 cm³/mol. The van der Waals surface area contributed by atoms with Crippen LogP contribution in [0.4, 0.5) is 4.39 Å². The Kier molecular flexibility index (Phi) is 8.46. The van der Waals surface area contributed by atoms with Crippen molar-refractivity contribution in [3.8, 4) is 6.07 Å². The third-order valence-electron chi connectivity index (χ3n) is 3.63. The van der Waals surface area contributed by atoms with Crippen molar-refractivity contribution in [1.82, 2.24) is 5.32 Å². The summed E-state index contributed by atoms with van der Waals surface area (Å²) in [5, 5.41) is 11.6. The normalized spacial score (nSPS) is 10.2. The van der Waals surface area contributed by atoms with E-state index in [0.29, 0.717) is 18.0 Å². The summed E-state index contributed by atoms with van der Waals surface area (Å²) < 4.78 is 23.9. The molecule has 1 N–H and O–H groups in total. The minimum absolute atomic E-state index is 0.120. The molecule has 2 aromatic carbocycles. The fraction of sp³-hybridized carbons (Fsp3) is 0.250. The third kappa shape index (κ3) is 6.37. The van der Waals surface area contributed by atoms with E-state index in [2.05, 4.69) is 5.32 Å². The Morgan fingerprint density at radius 1 is 1.25 bits per heavy atom. The number of benzene rings is 2. The molecule has 0 spiro atoms. The molecule has 1 amide bonds. The SMILES string of the molecule is COCCNC(=O)CSc1ccccc1C(=O)OCc1cc(C#N)ccc1F. The molecule has 0 radical (unpaired) electrons. The van der Waals surface area contributed by atoms with Gasteiger partial charge in [-0.05, 0) is 30.3 Å². The number of hydrogen-bond acceptors (Lipinski definition) is 6. The first-order valence-electron chi connectivity index (χ1n) is 8.38. The van der Waals surface area contributed by atoms with Crippen LogP contribution >= 0.6 is 11.8 Å². The van der Waals surface area contributed by atoms with Crippen molar-refractivity contribution < 1.29 is 23.5 Å². The molecule has 0 saturated carbocycles. The van der Waals surface area contributed by atoms with E-state index in [9.17, 15) is 14.0 Å². The molecule has 6 nitrogen and oxygen atoms in total. The maximum atomic E-state index is 13.8. The number of ether oxygens (including phenoxy) is 2. The number of nitrogens with one attached hydrogen (secondary N) is 1. The monoisotopic (exact) mass is 402 g/mol. The van der Waals surface area contributed by atoms with Crippen molar-refractivity contribution in [3.05, 3.63) is 65.0 Å². The smallest absolute Gasteiger partial charge is 0.339 e. The maximum absolute atomic E-state index is 13.8. The van der Waals surface area contributed by atoms with Gasteiger partial charge in [-0.25, -0.2) is 9.18 Å². The maximum Gasteiger partial charge on any atom is 0.339 e. The van der Waals surface area contributed by atoms with Gasteiger partial charge in [0.1, 0.15) is 12.4 Å². The Morgan fingerprint density at radius 3 is 2.79 bits per heavy atom. The molecule has 0 bridgehead atoms. The lowest BCUT2D eigenvalue weighted by atomic mass is 10.1. The van der Waals surface area contributed by atoms with Crippen molar-refractivity contribution in [1.29, 1.82) is 5.26 Å². The molecule has 0 aliphatic carbocycles. The van der Waals surface area contributed by atoms with Crippen LogP contribution < -0.4 is 5.32 Å². The summed E-state index contributed by atoms with van der Waals surface area (Å²) in [6, 6.07) is 12.5. The Morgan fingerprint density at radius 2 is 2.04 bits per heavy atom. The second kappa shape index (κ2) is 11.1. The fourth-order valence-electron chi connectivity index (χ4n) is 2.22. The van der Waals surface area contributed by atoms with Gasteiger partial charge >= 0.3 is 5.97 Å². The number of amides is 1. The van der Waals surface area contributed by atoms with E-state index in [-0.39, 0.29) is 35.0 Å². The van der Waals surface area contributed by atoms with Gasteiger partial charge in [-0.2, -0.15) is 5.26 Å². The zero-order chi connectivity index (χ0) is 20.4. The molecule has 0 unspecified atom stereocenters. The van der Waals surface area contributed by atoms with E-state index in [4.69, 9.17) is 14.7 Å². The summed E-state index contributed by atoms with van der Waals surface area (Å²) in [5.74, 6) is -1.24. The van der Waals surface area contributed by atoms with Crippen LogP contribution in [0.3, 0.4) is 0 Å². The minimum atomic E-state index is -0.635. The van der Waals surface area contributed by atoms with Gasteiger partial charge in [0.25, 0.3) is 0 Å². The molecule has 28 heavy (non-hydrogen) atoms. The highest BCUT2D eigenvalue weighted by molar-refractivity contribution is 8.00. The van der Waals surface area contributed by atoms with Gasteiger partial charge in [0.15, 0.2) is 0 Å². The molecular formula is C20H19FN2O4S. The lowest BCUT2D eigenvalue weighted by molar-refractivity contribution is -0.118.